The second kappa shape index (κ2) is 6.85. The standard InChI is InChI=1S/C11H13ClN2O2/c1-2-16-11(15)7-8-13-14-10-5-3-9(12)4-6-10/h3-6,8,14H,2,7H2,1H3/b13-8-. The molecule has 0 aliphatic carbocycles. The minimum absolute atomic E-state index is 0.161. The highest BCUT2D eigenvalue weighted by atomic mass is 35.5. The van der Waals surface area contributed by atoms with E-state index in [1.807, 2.05) is 0 Å². The molecular weight excluding hydrogens is 228 g/mol. The van der Waals surface area contributed by atoms with Crippen molar-refractivity contribution in [3.63, 3.8) is 0 Å². The molecule has 0 aliphatic heterocycles. The lowest BCUT2D eigenvalue weighted by Gasteiger charge is -1.99. The van der Waals surface area contributed by atoms with E-state index < -0.39 is 0 Å². The summed E-state index contributed by atoms with van der Waals surface area (Å²) in [5, 5.41) is 4.54. The second-order valence-electron chi connectivity index (χ2n) is 2.94. The maximum atomic E-state index is 10.9. The van der Waals surface area contributed by atoms with Gasteiger partial charge in [0.05, 0.1) is 18.7 Å². The lowest BCUT2D eigenvalue weighted by atomic mass is 10.3. The van der Waals surface area contributed by atoms with Crippen molar-refractivity contribution in [2.75, 3.05) is 12.0 Å². The summed E-state index contributed by atoms with van der Waals surface area (Å²) in [6.07, 6.45) is 1.63. The summed E-state index contributed by atoms with van der Waals surface area (Å²) >= 11 is 5.72. The molecule has 5 heteroatoms. The summed E-state index contributed by atoms with van der Waals surface area (Å²) in [6, 6.07) is 7.10. The SMILES string of the molecule is CCOC(=O)C/C=N\Nc1ccc(Cl)cc1. The number of halogens is 1. The van der Waals surface area contributed by atoms with Crippen molar-refractivity contribution < 1.29 is 9.53 Å². The fourth-order valence-electron chi connectivity index (χ4n) is 0.985. The van der Waals surface area contributed by atoms with Gasteiger partial charge in [-0.1, -0.05) is 11.6 Å². The van der Waals surface area contributed by atoms with Crippen LogP contribution in [0.3, 0.4) is 0 Å². The third kappa shape index (κ3) is 4.79. The van der Waals surface area contributed by atoms with Crippen LogP contribution in [-0.4, -0.2) is 18.8 Å². The molecule has 4 nitrogen and oxygen atoms in total. The van der Waals surface area contributed by atoms with E-state index in [2.05, 4.69) is 10.5 Å². The maximum absolute atomic E-state index is 10.9. The predicted molar refractivity (Wildman–Crippen MR) is 64.8 cm³/mol. The summed E-state index contributed by atoms with van der Waals surface area (Å²) in [6.45, 7) is 2.15. The Labute approximate surface area is 99.2 Å². The van der Waals surface area contributed by atoms with Gasteiger partial charge in [-0.25, -0.2) is 0 Å². The number of hydrazone groups is 1. The summed E-state index contributed by atoms with van der Waals surface area (Å²) in [7, 11) is 0. The first kappa shape index (κ1) is 12.5. The molecule has 0 fully saturated rings. The van der Waals surface area contributed by atoms with Crippen LogP contribution in [-0.2, 0) is 9.53 Å². The Morgan fingerprint density at radius 3 is 2.81 bits per heavy atom. The zero-order valence-electron chi connectivity index (χ0n) is 8.94. The molecule has 0 bridgehead atoms. The Bertz CT molecular complexity index is 363. The quantitative estimate of drug-likeness (QED) is 0.489. The molecule has 0 heterocycles. The van der Waals surface area contributed by atoms with E-state index in [1.165, 1.54) is 6.21 Å². The minimum Gasteiger partial charge on any atom is -0.466 e. The van der Waals surface area contributed by atoms with Gasteiger partial charge in [0.2, 0.25) is 0 Å². The number of carbonyl (C=O) groups is 1. The molecule has 0 saturated heterocycles. The Morgan fingerprint density at radius 2 is 2.19 bits per heavy atom. The molecule has 0 aromatic heterocycles. The molecule has 1 rings (SSSR count). The minimum atomic E-state index is -0.288. The van der Waals surface area contributed by atoms with E-state index in [1.54, 1.807) is 31.2 Å². The van der Waals surface area contributed by atoms with Crippen LogP contribution in [0.4, 0.5) is 5.69 Å². The molecule has 1 aromatic carbocycles. The van der Waals surface area contributed by atoms with Gasteiger partial charge in [-0.05, 0) is 31.2 Å². The Morgan fingerprint density at radius 1 is 1.50 bits per heavy atom. The van der Waals surface area contributed by atoms with Crippen molar-refractivity contribution in [1.82, 2.24) is 0 Å². The molecule has 0 radical (unpaired) electrons. The van der Waals surface area contributed by atoms with Gasteiger partial charge in [-0.15, -0.1) is 0 Å². The molecule has 0 atom stereocenters. The van der Waals surface area contributed by atoms with Crippen molar-refractivity contribution in [3.05, 3.63) is 29.3 Å². The van der Waals surface area contributed by atoms with E-state index in [-0.39, 0.29) is 12.4 Å². The second-order valence-corrected chi connectivity index (χ2v) is 3.38. The third-order valence-electron chi connectivity index (χ3n) is 1.69. The maximum Gasteiger partial charge on any atom is 0.311 e. The van der Waals surface area contributed by atoms with Crippen LogP contribution < -0.4 is 5.43 Å². The van der Waals surface area contributed by atoms with E-state index in [0.717, 1.165) is 5.69 Å². The number of nitrogens with zero attached hydrogens (tertiary/aromatic N) is 1. The first-order valence-electron chi connectivity index (χ1n) is 4.91. The van der Waals surface area contributed by atoms with Gasteiger partial charge < -0.3 is 4.74 Å². The number of hydrogen-bond donors (Lipinski definition) is 1. The number of ether oxygens (including phenoxy) is 1. The molecule has 0 spiro atoms. The van der Waals surface area contributed by atoms with Crippen LogP contribution in [0.25, 0.3) is 0 Å². The van der Waals surface area contributed by atoms with Crippen LogP contribution in [0.15, 0.2) is 29.4 Å². The van der Waals surface area contributed by atoms with Gasteiger partial charge >= 0.3 is 5.97 Å². The van der Waals surface area contributed by atoms with E-state index >= 15 is 0 Å². The number of benzene rings is 1. The molecular formula is C11H13ClN2O2. The first-order chi connectivity index (χ1) is 7.72. The van der Waals surface area contributed by atoms with Crippen LogP contribution in [0.2, 0.25) is 5.02 Å². The lowest BCUT2D eigenvalue weighted by Crippen LogP contribution is -2.04. The van der Waals surface area contributed by atoms with E-state index in [4.69, 9.17) is 16.3 Å². The number of rotatable bonds is 5. The van der Waals surface area contributed by atoms with Crippen LogP contribution in [0, 0.1) is 0 Å². The smallest absolute Gasteiger partial charge is 0.311 e. The first-order valence-corrected chi connectivity index (χ1v) is 5.29. The normalized spacial score (nSPS) is 10.4. The fraction of sp³-hybridized carbons (Fsp3) is 0.273. The Hall–Kier alpha value is -1.55. The van der Waals surface area contributed by atoms with Crippen LogP contribution in [0.5, 0.6) is 0 Å². The van der Waals surface area contributed by atoms with Gasteiger partial charge in [0.1, 0.15) is 0 Å². The lowest BCUT2D eigenvalue weighted by molar-refractivity contribution is -0.141. The summed E-state index contributed by atoms with van der Waals surface area (Å²) in [4.78, 5) is 10.9. The highest BCUT2D eigenvalue weighted by Gasteiger charge is 1.96. The third-order valence-corrected chi connectivity index (χ3v) is 1.94. The van der Waals surface area contributed by atoms with Crippen molar-refractivity contribution in [3.8, 4) is 0 Å². The van der Waals surface area contributed by atoms with E-state index in [9.17, 15) is 4.79 Å². The molecule has 1 N–H and O–H groups in total. The number of nitrogens with one attached hydrogen (secondary N) is 1. The largest absolute Gasteiger partial charge is 0.466 e. The zero-order chi connectivity index (χ0) is 11.8. The summed E-state index contributed by atoms with van der Waals surface area (Å²) in [5.41, 5.74) is 3.58. The number of hydrogen-bond acceptors (Lipinski definition) is 4. The fourth-order valence-corrected chi connectivity index (χ4v) is 1.11. The highest BCUT2D eigenvalue weighted by Crippen LogP contribution is 2.12. The topological polar surface area (TPSA) is 50.7 Å². The Balaban J connectivity index is 2.31. The molecule has 16 heavy (non-hydrogen) atoms. The van der Waals surface area contributed by atoms with Crippen molar-refractivity contribution in [2.24, 2.45) is 5.10 Å². The van der Waals surface area contributed by atoms with Gasteiger partial charge in [0, 0.05) is 11.2 Å². The monoisotopic (exact) mass is 240 g/mol. The van der Waals surface area contributed by atoms with Crippen LogP contribution >= 0.6 is 11.6 Å². The highest BCUT2D eigenvalue weighted by molar-refractivity contribution is 6.30. The van der Waals surface area contributed by atoms with Gasteiger partial charge in [-0.3, -0.25) is 10.2 Å². The Kier molecular flexibility index (Phi) is 5.36. The van der Waals surface area contributed by atoms with Crippen molar-refractivity contribution in [2.45, 2.75) is 13.3 Å². The van der Waals surface area contributed by atoms with Gasteiger partial charge in [0.25, 0.3) is 0 Å². The zero-order valence-corrected chi connectivity index (χ0v) is 9.70. The molecule has 1 aromatic rings. The van der Waals surface area contributed by atoms with Crippen LogP contribution in [0.1, 0.15) is 13.3 Å². The summed E-state index contributed by atoms with van der Waals surface area (Å²) < 4.78 is 4.73. The molecule has 0 aliphatic rings. The predicted octanol–water partition coefficient (Wildman–Crippen LogP) is 2.69. The average Bonchev–Trinajstić information content (AvgIpc) is 2.27. The molecule has 0 saturated carbocycles. The van der Waals surface area contributed by atoms with Crippen molar-refractivity contribution >= 4 is 29.5 Å². The summed E-state index contributed by atoms with van der Waals surface area (Å²) in [5.74, 6) is -0.288. The number of anilines is 1. The van der Waals surface area contributed by atoms with Gasteiger partial charge in [0.15, 0.2) is 0 Å². The molecule has 0 unspecified atom stereocenters. The molecule has 86 valence electrons. The van der Waals surface area contributed by atoms with Gasteiger partial charge in [-0.2, -0.15) is 5.10 Å². The average molecular weight is 241 g/mol. The number of carbonyl (C=O) groups excluding carboxylic acids is 1. The number of esters is 1. The molecule has 0 amide bonds. The van der Waals surface area contributed by atoms with Crippen molar-refractivity contribution in [1.29, 1.82) is 0 Å². The van der Waals surface area contributed by atoms with E-state index in [0.29, 0.717) is 11.6 Å².